The lowest BCUT2D eigenvalue weighted by Crippen LogP contribution is -2.30. The number of allylic oxidation sites excluding steroid dienone is 1. The quantitative estimate of drug-likeness (QED) is 0.0321. The van der Waals surface area contributed by atoms with Gasteiger partial charge in [-0.25, -0.2) is 0 Å². The smallest absolute Gasteiger partial charge is 0.406 e. The first-order valence-corrected chi connectivity index (χ1v) is 21.5. The molecular formula is C50H42F12N4O6. The molecule has 22 heteroatoms. The summed E-state index contributed by atoms with van der Waals surface area (Å²) in [6.45, 7) is 3.41. The molecule has 6 rings (SSSR count). The molecule has 5 aromatic carbocycles. The number of carbonyl (C=O) groups is 1. The summed E-state index contributed by atoms with van der Waals surface area (Å²) in [6.07, 6.45) is -15.6. The Kier molecular flexibility index (Phi) is 16.8. The number of anilines is 5. The predicted octanol–water partition coefficient (Wildman–Crippen LogP) is 13.3. The van der Waals surface area contributed by atoms with Crippen molar-refractivity contribution in [3.63, 3.8) is 0 Å². The molecule has 382 valence electrons. The van der Waals surface area contributed by atoms with Crippen LogP contribution >= 0.6 is 0 Å². The molecule has 1 unspecified atom stereocenters. The van der Waals surface area contributed by atoms with E-state index in [2.05, 4.69) is 29.6 Å². The van der Waals surface area contributed by atoms with Crippen LogP contribution in [-0.4, -0.2) is 62.6 Å². The molecule has 0 saturated heterocycles. The fraction of sp³-hybridized carbons (Fsp3) is 0.220. The van der Waals surface area contributed by atoms with Crippen LogP contribution in [0, 0.1) is 0 Å². The number of aliphatic hydroxyl groups excluding tert-OH is 1. The predicted molar refractivity (Wildman–Crippen MR) is 243 cm³/mol. The van der Waals surface area contributed by atoms with E-state index in [0.717, 1.165) is 42.5 Å². The van der Waals surface area contributed by atoms with Gasteiger partial charge in [-0.15, -0.1) is 52.7 Å². The molecule has 0 aliphatic heterocycles. The van der Waals surface area contributed by atoms with Crippen molar-refractivity contribution in [3.8, 4) is 17.2 Å². The second-order valence-corrected chi connectivity index (χ2v) is 15.2. The Hall–Kier alpha value is -7.75. The van der Waals surface area contributed by atoms with E-state index < -0.39 is 61.1 Å². The molecule has 1 aliphatic rings. The van der Waals surface area contributed by atoms with Gasteiger partial charge in [0.1, 0.15) is 23.0 Å². The molecule has 0 radical (unpaired) electrons. The first-order chi connectivity index (χ1) is 34.0. The average Bonchev–Trinajstić information content (AvgIpc) is 3.30. The number of nitrogens with zero attached hydrogens (tertiary/aromatic N) is 2. The van der Waals surface area contributed by atoms with Gasteiger partial charge >= 0.3 is 25.4 Å². The number of alkyl halides is 12. The van der Waals surface area contributed by atoms with Gasteiger partial charge in [-0.3, -0.25) is 4.79 Å². The minimum atomic E-state index is -4.98. The summed E-state index contributed by atoms with van der Waals surface area (Å²) in [6, 6.07) is 26.6. The van der Waals surface area contributed by atoms with Crippen LogP contribution in [0.3, 0.4) is 0 Å². The number of halogens is 12. The Balaban J connectivity index is 1.39. The van der Waals surface area contributed by atoms with Gasteiger partial charge in [0.2, 0.25) is 0 Å². The molecule has 1 aliphatic carbocycles. The van der Waals surface area contributed by atoms with Crippen molar-refractivity contribution in [2.75, 3.05) is 29.5 Å². The monoisotopic (exact) mass is 1020 g/mol. The maximum absolute atomic E-state index is 13.2. The van der Waals surface area contributed by atoms with E-state index >= 15 is 0 Å². The van der Waals surface area contributed by atoms with Gasteiger partial charge in [-0.05, 0) is 141 Å². The molecule has 1 atom stereocenters. The van der Waals surface area contributed by atoms with Crippen LogP contribution in [0.2, 0.25) is 0 Å². The van der Waals surface area contributed by atoms with E-state index in [1.54, 1.807) is 67.3 Å². The van der Waals surface area contributed by atoms with Crippen molar-refractivity contribution >= 4 is 46.1 Å². The number of hydrogen-bond donors (Lipinski definition) is 3. The zero-order valence-electron chi connectivity index (χ0n) is 37.7. The normalized spacial score (nSPS) is 14.8. The summed E-state index contributed by atoms with van der Waals surface area (Å²) in [5.74, 6) is -2.01. The molecule has 0 aromatic heterocycles. The minimum absolute atomic E-state index is 0.0108. The highest BCUT2D eigenvalue weighted by Gasteiger charge is 2.35. The topological polar surface area (TPSA) is 105 Å². The third-order valence-corrected chi connectivity index (χ3v) is 10.3. The molecule has 0 saturated carbocycles. The molecule has 0 bridgehead atoms. The molecule has 72 heavy (non-hydrogen) atoms. The second kappa shape index (κ2) is 22.6. The van der Waals surface area contributed by atoms with Crippen LogP contribution in [0.5, 0.6) is 17.2 Å². The maximum Gasteiger partial charge on any atom is 0.573 e. The zero-order valence-corrected chi connectivity index (χ0v) is 37.7. The number of hydrogen-bond acceptors (Lipinski definition) is 10. The molecule has 0 spiro atoms. The maximum atomic E-state index is 13.2. The Morgan fingerprint density at radius 3 is 1.26 bits per heavy atom. The summed E-state index contributed by atoms with van der Waals surface area (Å²) in [7, 11) is 0. The van der Waals surface area contributed by atoms with E-state index in [1.165, 1.54) is 53.5 Å². The van der Waals surface area contributed by atoms with Crippen molar-refractivity contribution in [1.82, 2.24) is 10.6 Å². The SMILES string of the molecule is CCN/C(=C(C=O)\C(CO)=C(/NCC)c1ccc(N(c2ccc(OC(F)(F)F)cc2)C2C=CC(OC(F)(F)F)=CC2)cc1)c1ccc(N(c2ccc(OC(F)(F)F)cc2)c2ccc(OC(F)(F)F)cc2)cc1. The highest BCUT2D eigenvalue weighted by Crippen LogP contribution is 2.40. The number of aliphatic hydroxyl groups is 1. The van der Waals surface area contributed by atoms with Crippen molar-refractivity contribution in [1.29, 1.82) is 0 Å². The van der Waals surface area contributed by atoms with Crippen LogP contribution in [0.4, 0.5) is 81.1 Å². The summed E-state index contributed by atoms with van der Waals surface area (Å²) in [5.41, 5.74) is 3.32. The lowest BCUT2D eigenvalue weighted by molar-refractivity contribution is -0.303. The van der Waals surface area contributed by atoms with E-state index in [9.17, 15) is 62.6 Å². The minimum Gasteiger partial charge on any atom is -0.406 e. The standard InChI is InChI=1S/C50H42F12N4O6/c1-3-63-45(31-5-9-33(10-6-31)65(35-13-21-39(22-14-35)69-47(51,52)53)36-15-23-40(24-16-36)70-48(54,55)56)43(29-67)44(30-68)46(64-4-2)32-7-11-34(12-8-32)66(37-17-25-41(26-18-37)71-49(57,58)59)38-19-27-42(28-20-38)72-50(60,61)62/h5-19,21-29,38,63-64,68H,3-4,20,30H2,1-2H3/b45-43-,46-44-. The van der Waals surface area contributed by atoms with E-state index in [0.29, 0.717) is 46.7 Å². The molecule has 0 fully saturated rings. The lowest BCUT2D eigenvalue weighted by Gasteiger charge is -2.33. The number of carbonyl (C=O) groups excluding carboxylic acids is 1. The molecular weight excluding hydrogens is 981 g/mol. The van der Waals surface area contributed by atoms with Crippen LogP contribution < -0.4 is 34.6 Å². The molecule has 0 heterocycles. The third kappa shape index (κ3) is 14.7. The number of ether oxygens (including phenoxy) is 4. The molecule has 10 nitrogen and oxygen atoms in total. The van der Waals surface area contributed by atoms with Gasteiger partial charge in [0.25, 0.3) is 0 Å². The van der Waals surface area contributed by atoms with Crippen molar-refractivity contribution < 1.29 is 81.5 Å². The number of rotatable bonds is 19. The fourth-order valence-corrected chi connectivity index (χ4v) is 7.61. The molecule has 0 amide bonds. The van der Waals surface area contributed by atoms with Gasteiger partial charge in [0.05, 0.1) is 18.3 Å². The van der Waals surface area contributed by atoms with Crippen molar-refractivity contribution in [2.24, 2.45) is 0 Å². The number of benzene rings is 5. The van der Waals surface area contributed by atoms with Crippen LogP contribution in [0.15, 0.2) is 156 Å². The van der Waals surface area contributed by atoms with E-state index in [4.69, 9.17) is 0 Å². The Bertz CT molecular complexity index is 2680. The lowest BCUT2D eigenvalue weighted by atomic mass is 9.95. The third-order valence-electron chi connectivity index (χ3n) is 10.3. The fourth-order valence-electron chi connectivity index (χ4n) is 7.61. The first kappa shape index (κ1) is 53.6. The second-order valence-electron chi connectivity index (χ2n) is 15.2. The summed E-state index contributed by atoms with van der Waals surface area (Å²) >= 11 is 0. The van der Waals surface area contributed by atoms with Gasteiger partial charge in [0.15, 0.2) is 6.29 Å². The van der Waals surface area contributed by atoms with Gasteiger partial charge < -0.3 is 44.5 Å². The Labute approximate surface area is 403 Å². The Morgan fingerprint density at radius 2 is 0.917 bits per heavy atom. The average molecular weight is 1020 g/mol. The molecule has 5 aromatic rings. The van der Waals surface area contributed by atoms with Gasteiger partial charge in [0, 0.05) is 58.4 Å². The highest BCUT2D eigenvalue weighted by atomic mass is 19.4. The number of aldehydes is 1. The molecule has 3 N–H and O–H groups in total. The van der Waals surface area contributed by atoms with Gasteiger partial charge in [-0.2, -0.15) is 0 Å². The zero-order chi connectivity index (χ0) is 52.4. The van der Waals surface area contributed by atoms with Crippen LogP contribution in [0.25, 0.3) is 11.4 Å². The van der Waals surface area contributed by atoms with Gasteiger partial charge in [-0.1, -0.05) is 30.3 Å². The summed E-state index contributed by atoms with van der Waals surface area (Å²) in [4.78, 5) is 16.4. The van der Waals surface area contributed by atoms with Crippen LogP contribution in [-0.2, 0) is 9.53 Å². The highest BCUT2D eigenvalue weighted by molar-refractivity contribution is 5.97. The van der Waals surface area contributed by atoms with E-state index in [-0.39, 0.29) is 41.2 Å². The number of nitrogens with one attached hydrogen (secondary N) is 2. The first-order valence-electron chi connectivity index (χ1n) is 21.5. The Morgan fingerprint density at radius 1 is 0.556 bits per heavy atom. The van der Waals surface area contributed by atoms with Crippen molar-refractivity contribution in [2.45, 2.75) is 51.8 Å². The van der Waals surface area contributed by atoms with Crippen LogP contribution in [0.1, 0.15) is 31.4 Å². The summed E-state index contributed by atoms with van der Waals surface area (Å²) in [5, 5.41) is 17.4. The van der Waals surface area contributed by atoms with Crippen molar-refractivity contribution in [3.05, 3.63) is 168 Å². The summed E-state index contributed by atoms with van der Waals surface area (Å²) < 4.78 is 172. The largest absolute Gasteiger partial charge is 0.573 e. The van der Waals surface area contributed by atoms with E-state index in [1.807, 2.05) is 0 Å².